The number of ether oxygens (including phenoxy) is 3. The third kappa shape index (κ3) is 4.10. The maximum Gasteiger partial charge on any atom is 0.259 e. The molecule has 1 amide bonds. The molecule has 0 aliphatic carbocycles. The van der Waals surface area contributed by atoms with Crippen molar-refractivity contribution in [3.63, 3.8) is 0 Å². The fraction of sp³-hybridized carbons (Fsp3) is 0.130. The van der Waals surface area contributed by atoms with Crippen LogP contribution < -0.4 is 19.5 Å². The highest BCUT2D eigenvalue weighted by Gasteiger charge is 2.16. The van der Waals surface area contributed by atoms with Crippen molar-refractivity contribution in [3.8, 4) is 33.6 Å². The van der Waals surface area contributed by atoms with Crippen molar-refractivity contribution in [2.45, 2.75) is 0 Å². The van der Waals surface area contributed by atoms with Crippen molar-refractivity contribution < 1.29 is 24.1 Å². The summed E-state index contributed by atoms with van der Waals surface area (Å²) >= 11 is 1.53. The van der Waals surface area contributed by atoms with Crippen LogP contribution in [0.25, 0.3) is 20.8 Å². The summed E-state index contributed by atoms with van der Waals surface area (Å²) in [5.41, 5.74) is 2.45. The average Bonchev–Trinajstić information content (AvgIpc) is 3.21. The van der Waals surface area contributed by atoms with Gasteiger partial charge in [-0.2, -0.15) is 0 Å². The van der Waals surface area contributed by atoms with Crippen molar-refractivity contribution in [2.24, 2.45) is 0 Å². The van der Waals surface area contributed by atoms with E-state index in [1.807, 2.05) is 24.3 Å². The Morgan fingerprint density at radius 1 is 0.935 bits per heavy atom. The van der Waals surface area contributed by atoms with Gasteiger partial charge in [0.1, 0.15) is 28.0 Å². The van der Waals surface area contributed by atoms with Gasteiger partial charge in [0.2, 0.25) is 0 Å². The number of hydrogen-bond donors (Lipinski definition) is 2. The summed E-state index contributed by atoms with van der Waals surface area (Å²) < 4.78 is 17.1. The van der Waals surface area contributed by atoms with Gasteiger partial charge in [-0.15, -0.1) is 11.3 Å². The lowest BCUT2D eigenvalue weighted by atomic mass is 10.1. The van der Waals surface area contributed by atoms with Gasteiger partial charge in [-0.1, -0.05) is 0 Å². The monoisotopic (exact) mass is 436 g/mol. The minimum absolute atomic E-state index is 0.0219. The molecule has 0 fully saturated rings. The van der Waals surface area contributed by atoms with Crippen molar-refractivity contribution in [2.75, 3.05) is 26.6 Å². The molecule has 1 aromatic heterocycles. The highest BCUT2D eigenvalue weighted by Crippen LogP contribution is 2.38. The van der Waals surface area contributed by atoms with E-state index in [0.717, 1.165) is 26.5 Å². The molecule has 158 valence electrons. The number of amides is 1. The first kappa shape index (κ1) is 20.5. The first-order chi connectivity index (χ1) is 15.0. The van der Waals surface area contributed by atoms with Crippen molar-refractivity contribution >= 4 is 33.1 Å². The summed E-state index contributed by atoms with van der Waals surface area (Å²) in [5.74, 6) is 1.28. The largest absolute Gasteiger partial charge is 0.508 e. The average molecular weight is 436 g/mol. The number of aromatic nitrogens is 1. The number of rotatable bonds is 6. The zero-order valence-corrected chi connectivity index (χ0v) is 17.9. The van der Waals surface area contributed by atoms with Crippen LogP contribution >= 0.6 is 11.3 Å². The number of phenolic OH excluding ortho intramolecular Hbond substituents is 1. The molecule has 0 saturated carbocycles. The van der Waals surface area contributed by atoms with Gasteiger partial charge in [-0.3, -0.25) is 4.79 Å². The lowest BCUT2D eigenvalue weighted by Gasteiger charge is -2.12. The second-order valence-corrected chi connectivity index (χ2v) is 7.64. The molecule has 3 aromatic carbocycles. The van der Waals surface area contributed by atoms with Gasteiger partial charge in [0.05, 0.1) is 42.7 Å². The number of hydrogen-bond acceptors (Lipinski definition) is 7. The van der Waals surface area contributed by atoms with Crippen LogP contribution in [0.15, 0.2) is 54.6 Å². The molecule has 7 nitrogen and oxygen atoms in total. The van der Waals surface area contributed by atoms with E-state index in [9.17, 15) is 9.90 Å². The number of carbonyl (C=O) groups is 1. The minimum atomic E-state index is -0.408. The Morgan fingerprint density at radius 3 is 2.48 bits per heavy atom. The molecule has 8 heteroatoms. The topological polar surface area (TPSA) is 89.9 Å². The number of methoxy groups -OCH3 is 3. The minimum Gasteiger partial charge on any atom is -0.508 e. The SMILES string of the molecule is COc1ccc2nc(-c3ccc(NC(=O)c4cc(O)ccc4OC)cc3OC)sc2c1. The van der Waals surface area contributed by atoms with E-state index < -0.39 is 5.91 Å². The summed E-state index contributed by atoms with van der Waals surface area (Å²) in [7, 11) is 4.67. The number of nitrogens with zero attached hydrogens (tertiary/aromatic N) is 1. The van der Waals surface area contributed by atoms with Crippen molar-refractivity contribution in [3.05, 3.63) is 60.2 Å². The van der Waals surface area contributed by atoms with E-state index in [-0.39, 0.29) is 11.3 Å². The molecule has 0 bridgehead atoms. The van der Waals surface area contributed by atoms with Crippen LogP contribution in [-0.4, -0.2) is 37.3 Å². The van der Waals surface area contributed by atoms with Gasteiger partial charge in [-0.05, 0) is 48.5 Å². The Hall–Kier alpha value is -3.78. The molecule has 2 N–H and O–H groups in total. The normalized spacial score (nSPS) is 10.7. The Labute approximate surface area is 182 Å². The quantitative estimate of drug-likeness (QED) is 0.445. The number of anilines is 1. The Bertz CT molecular complexity index is 1270. The van der Waals surface area contributed by atoms with Crippen LogP contribution in [0.1, 0.15) is 10.4 Å². The molecule has 0 aliphatic heterocycles. The lowest BCUT2D eigenvalue weighted by molar-refractivity contribution is 0.102. The van der Waals surface area contributed by atoms with Crippen LogP contribution in [0.2, 0.25) is 0 Å². The highest BCUT2D eigenvalue weighted by molar-refractivity contribution is 7.21. The van der Waals surface area contributed by atoms with E-state index >= 15 is 0 Å². The summed E-state index contributed by atoms with van der Waals surface area (Å²) in [6.07, 6.45) is 0. The van der Waals surface area contributed by atoms with Crippen LogP contribution in [0.3, 0.4) is 0 Å². The van der Waals surface area contributed by atoms with E-state index in [1.165, 1.54) is 36.6 Å². The summed E-state index contributed by atoms with van der Waals surface area (Å²) in [6, 6.07) is 15.4. The van der Waals surface area contributed by atoms with Crippen LogP contribution in [0, 0.1) is 0 Å². The zero-order valence-electron chi connectivity index (χ0n) is 17.1. The number of phenols is 1. The van der Waals surface area contributed by atoms with Gasteiger partial charge < -0.3 is 24.6 Å². The number of fused-ring (bicyclic) bond motifs is 1. The van der Waals surface area contributed by atoms with E-state index in [2.05, 4.69) is 10.3 Å². The third-order valence-electron chi connectivity index (χ3n) is 4.71. The Balaban J connectivity index is 1.64. The molecule has 4 rings (SSSR count). The second-order valence-electron chi connectivity index (χ2n) is 6.61. The van der Waals surface area contributed by atoms with E-state index in [0.29, 0.717) is 17.2 Å². The van der Waals surface area contributed by atoms with E-state index in [1.54, 1.807) is 26.4 Å². The lowest BCUT2D eigenvalue weighted by Crippen LogP contribution is -2.13. The van der Waals surface area contributed by atoms with Gasteiger partial charge >= 0.3 is 0 Å². The highest BCUT2D eigenvalue weighted by atomic mass is 32.1. The van der Waals surface area contributed by atoms with Crippen LogP contribution in [0.5, 0.6) is 23.0 Å². The van der Waals surface area contributed by atoms with Crippen LogP contribution in [-0.2, 0) is 0 Å². The molecule has 0 unspecified atom stereocenters. The molecule has 4 aromatic rings. The van der Waals surface area contributed by atoms with Gasteiger partial charge in [-0.25, -0.2) is 4.98 Å². The number of aromatic hydroxyl groups is 1. The molecule has 0 saturated heterocycles. The summed E-state index contributed by atoms with van der Waals surface area (Å²) in [6.45, 7) is 0. The zero-order chi connectivity index (χ0) is 22.0. The first-order valence-corrected chi connectivity index (χ1v) is 10.2. The van der Waals surface area contributed by atoms with Gasteiger partial charge in [0.25, 0.3) is 5.91 Å². The third-order valence-corrected chi connectivity index (χ3v) is 5.76. The molecule has 0 aliphatic rings. The molecule has 31 heavy (non-hydrogen) atoms. The van der Waals surface area contributed by atoms with Gasteiger partial charge in [0, 0.05) is 11.8 Å². The maximum atomic E-state index is 12.7. The second kappa shape index (κ2) is 8.53. The number of nitrogens with one attached hydrogen (secondary N) is 1. The van der Waals surface area contributed by atoms with Crippen LogP contribution in [0.4, 0.5) is 5.69 Å². The number of benzene rings is 3. The fourth-order valence-corrected chi connectivity index (χ4v) is 4.19. The molecule has 0 atom stereocenters. The molecule has 0 radical (unpaired) electrons. The molecule has 1 heterocycles. The molecular weight excluding hydrogens is 416 g/mol. The number of carbonyl (C=O) groups excluding carboxylic acids is 1. The predicted molar refractivity (Wildman–Crippen MR) is 121 cm³/mol. The van der Waals surface area contributed by atoms with Gasteiger partial charge in [0.15, 0.2) is 0 Å². The summed E-state index contributed by atoms with van der Waals surface area (Å²) in [4.78, 5) is 17.4. The van der Waals surface area contributed by atoms with Crippen molar-refractivity contribution in [1.29, 1.82) is 0 Å². The molecule has 0 spiro atoms. The maximum absolute atomic E-state index is 12.7. The fourth-order valence-electron chi connectivity index (χ4n) is 3.16. The summed E-state index contributed by atoms with van der Waals surface area (Å²) in [5, 5.41) is 13.3. The molecular formula is C23H20N2O5S. The predicted octanol–water partition coefficient (Wildman–Crippen LogP) is 4.95. The van der Waals surface area contributed by atoms with E-state index in [4.69, 9.17) is 14.2 Å². The van der Waals surface area contributed by atoms with Crippen molar-refractivity contribution in [1.82, 2.24) is 4.98 Å². The Kier molecular flexibility index (Phi) is 5.64. The standard InChI is InChI=1S/C23H20N2O5S/c1-28-15-6-8-18-21(12-15)31-23(25-18)16-7-4-13(10-20(16)30-3)24-22(27)17-11-14(26)5-9-19(17)29-2/h4-12,26H,1-3H3,(H,24,27). The number of thiazole rings is 1. The first-order valence-electron chi connectivity index (χ1n) is 9.33. The smallest absolute Gasteiger partial charge is 0.259 e. The Morgan fingerprint density at radius 2 is 1.74 bits per heavy atom.